The third-order valence-corrected chi connectivity index (χ3v) is 4.30. The Morgan fingerprint density at radius 1 is 1.60 bits per heavy atom. The normalized spacial score (nSPS) is 21.4. The van der Waals surface area contributed by atoms with Gasteiger partial charge in [-0.25, -0.2) is 0 Å². The minimum Gasteiger partial charge on any atom is -0.324 e. The number of nitrogens with zero attached hydrogens (tertiary/aromatic N) is 1. The molecule has 1 aromatic carbocycles. The van der Waals surface area contributed by atoms with Crippen LogP contribution in [0.3, 0.4) is 0 Å². The van der Waals surface area contributed by atoms with E-state index in [0.29, 0.717) is 17.8 Å². The molecule has 5 heteroatoms. The number of rotatable bonds is 4. The van der Waals surface area contributed by atoms with Gasteiger partial charge in [-0.2, -0.15) is 5.26 Å². The maximum Gasteiger partial charge on any atom is 0.231 e. The smallest absolute Gasteiger partial charge is 0.231 e. The molecule has 2 rings (SSSR count). The van der Waals surface area contributed by atoms with Crippen molar-refractivity contribution < 1.29 is 4.79 Å². The maximum absolute atomic E-state index is 12.6. The number of carbonyl (C=O) groups is 1. The van der Waals surface area contributed by atoms with E-state index in [2.05, 4.69) is 39.6 Å². The Balaban J connectivity index is 2.21. The van der Waals surface area contributed by atoms with Gasteiger partial charge >= 0.3 is 0 Å². The number of nitrogens with one attached hydrogen (secondary N) is 2. The van der Waals surface area contributed by atoms with E-state index in [1.807, 2.05) is 6.07 Å². The molecule has 1 aromatic rings. The average molecular weight is 336 g/mol. The van der Waals surface area contributed by atoms with Gasteiger partial charge in [0.15, 0.2) is 0 Å². The van der Waals surface area contributed by atoms with E-state index in [9.17, 15) is 4.79 Å². The lowest BCUT2D eigenvalue weighted by atomic mass is 9.81. The molecule has 106 valence electrons. The Kier molecular flexibility index (Phi) is 4.79. The van der Waals surface area contributed by atoms with Crippen LogP contribution in [0.1, 0.15) is 31.7 Å². The van der Waals surface area contributed by atoms with Crippen molar-refractivity contribution in [1.29, 1.82) is 5.26 Å². The van der Waals surface area contributed by atoms with Crippen LogP contribution in [-0.4, -0.2) is 19.0 Å². The molecule has 1 saturated heterocycles. The molecule has 1 heterocycles. The zero-order chi connectivity index (χ0) is 14.6. The molecule has 1 unspecified atom stereocenters. The standard InChI is InChI=1S/C15H18BrN3O/c1-2-5-15(6-7-18-10-15)14(20)19-13-4-3-12(16)8-11(13)9-17/h3-4,8,18H,2,5-7,10H2,1H3,(H,19,20). The topological polar surface area (TPSA) is 64.9 Å². The first-order chi connectivity index (χ1) is 9.61. The fraction of sp³-hybridized carbons (Fsp3) is 0.467. The number of carbonyl (C=O) groups excluding carboxylic acids is 1. The van der Waals surface area contributed by atoms with E-state index in [4.69, 9.17) is 5.26 Å². The van der Waals surface area contributed by atoms with Gasteiger partial charge in [0.1, 0.15) is 6.07 Å². The summed E-state index contributed by atoms with van der Waals surface area (Å²) in [6.07, 6.45) is 2.69. The molecule has 0 aliphatic carbocycles. The minimum atomic E-state index is -0.339. The van der Waals surface area contributed by atoms with Crippen LogP contribution >= 0.6 is 15.9 Å². The molecule has 1 aliphatic rings. The summed E-state index contributed by atoms with van der Waals surface area (Å²) in [4.78, 5) is 12.6. The van der Waals surface area contributed by atoms with Gasteiger partial charge in [0.25, 0.3) is 0 Å². The molecular weight excluding hydrogens is 318 g/mol. The molecular formula is C15H18BrN3O. The number of halogens is 1. The number of benzene rings is 1. The molecule has 0 radical (unpaired) electrons. The number of nitriles is 1. The Morgan fingerprint density at radius 3 is 3.00 bits per heavy atom. The van der Waals surface area contributed by atoms with E-state index >= 15 is 0 Å². The molecule has 0 spiro atoms. The summed E-state index contributed by atoms with van der Waals surface area (Å²) in [6, 6.07) is 7.43. The molecule has 1 amide bonds. The fourth-order valence-corrected chi connectivity index (χ4v) is 3.08. The molecule has 1 atom stereocenters. The lowest BCUT2D eigenvalue weighted by Gasteiger charge is -2.26. The highest BCUT2D eigenvalue weighted by molar-refractivity contribution is 9.10. The first kappa shape index (κ1) is 15.0. The summed E-state index contributed by atoms with van der Waals surface area (Å²) < 4.78 is 0.831. The molecule has 0 aromatic heterocycles. The number of amides is 1. The number of hydrogen-bond acceptors (Lipinski definition) is 3. The highest BCUT2D eigenvalue weighted by Gasteiger charge is 2.40. The van der Waals surface area contributed by atoms with Gasteiger partial charge < -0.3 is 10.6 Å². The maximum atomic E-state index is 12.6. The first-order valence-corrected chi connectivity index (χ1v) is 7.62. The first-order valence-electron chi connectivity index (χ1n) is 6.83. The summed E-state index contributed by atoms with van der Waals surface area (Å²) in [5.41, 5.74) is 0.725. The van der Waals surface area contributed by atoms with E-state index < -0.39 is 0 Å². The van der Waals surface area contributed by atoms with Gasteiger partial charge in [0.05, 0.1) is 16.7 Å². The quantitative estimate of drug-likeness (QED) is 0.888. The SMILES string of the molecule is CCCC1(C(=O)Nc2ccc(Br)cc2C#N)CCNC1. The number of anilines is 1. The van der Waals surface area contributed by atoms with E-state index in [0.717, 1.165) is 30.3 Å². The molecule has 2 N–H and O–H groups in total. The molecule has 4 nitrogen and oxygen atoms in total. The van der Waals surface area contributed by atoms with Crippen molar-refractivity contribution in [1.82, 2.24) is 5.32 Å². The van der Waals surface area contributed by atoms with Crippen LogP contribution in [0.5, 0.6) is 0 Å². The predicted molar refractivity (Wildman–Crippen MR) is 82.3 cm³/mol. The summed E-state index contributed by atoms with van der Waals surface area (Å²) >= 11 is 3.33. The molecule has 0 bridgehead atoms. The van der Waals surface area contributed by atoms with Gasteiger partial charge in [-0.05, 0) is 37.6 Å². The number of hydrogen-bond donors (Lipinski definition) is 2. The van der Waals surface area contributed by atoms with Crippen molar-refractivity contribution in [2.45, 2.75) is 26.2 Å². The van der Waals surface area contributed by atoms with E-state index in [1.54, 1.807) is 12.1 Å². The fourth-order valence-electron chi connectivity index (χ4n) is 2.72. The van der Waals surface area contributed by atoms with Crippen molar-refractivity contribution in [3.05, 3.63) is 28.2 Å². The summed E-state index contributed by atoms with van der Waals surface area (Å²) in [5.74, 6) is 0.0168. The molecule has 1 aliphatic heterocycles. The van der Waals surface area contributed by atoms with E-state index in [-0.39, 0.29) is 11.3 Å². The van der Waals surface area contributed by atoms with Crippen molar-refractivity contribution in [2.24, 2.45) is 5.41 Å². The van der Waals surface area contributed by atoms with Crippen LogP contribution in [0.4, 0.5) is 5.69 Å². The Bertz CT molecular complexity index is 545. The van der Waals surface area contributed by atoms with Crippen LogP contribution in [-0.2, 0) is 4.79 Å². The van der Waals surface area contributed by atoms with Gasteiger partial charge in [-0.15, -0.1) is 0 Å². The van der Waals surface area contributed by atoms with Gasteiger partial charge in [-0.3, -0.25) is 4.79 Å². The summed E-state index contributed by atoms with van der Waals surface area (Å²) in [6.45, 7) is 3.68. The molecule has 1 fully saturated rings. The van der Waals surface area contributed by atoms with Crippen LogP contribution < -0.4 is 10.6 Å². The van der Waals surface area contributed by atoms with Crippen molar-refractivity contribution >= 4 is 27.5 Å². The van der Waals surface area contributed by atoms with Crippen molar-refractivity contribution in [3.63, 3.8) is 0 Å². The zero-order valence-corrected chi connectivity index (χ0v) is 13.1. The predicted octanol–water partition coefficient (Wildman–Crippen LogP) is 3.04. The highest BCUT2D eigenvalue weighted by Crippen LogP contribution is 2.33. The van der Waals surface area contributed by atoms with E-state index in [1.165, 1.54) is 0 Å². The van der Waals surface area contributed by atoms with Crippen molar-refractivity contribution in [3.8, 4) is 6.07 Å². The summed E-state index contributed by atoms with van der Waals surface area (Å²) in [5, 5.41) is 15.4. The Hall–Kier alpha value is -1.38. The van der Waals surface area contributed by atoms with Gasteiger partial charge in [0, 0.05) is 11.0 Å². The molecule has 0 saturated carbocycles. The van der Waals surface area contributed by atoms with Crippen LogP contribution in [0, 0.1) is 16.7 Å². The third-order valence-electron chi connectivity index (χ3n) is 3.80. The lowest BCUT2D eigenvalue weighted by Crippen LogP contribution is -2.38. The Morgan fingerprint density at radius 2 is 2.40 bits per heavy atom. The second-order valence-corrected chi connectivity index (χ2v) is 6.13. The average Bonchev–Trinajstić information content (AvgIpc) is 2.91. The third kappa shape index (κ3) is 3.02. The second kappa shape index (κ2) is 6.38. The van der Waals surface area contributed by atoms with Gasteiger partial charge in [0.2, 0.25) is 5.91 Å². The van der Waals surface area contributed by atoms with Crippen LogP contribution in [0.2, 0.25) is 0 Å². The monoisotopic (exact) mass is 335 g/mol. The lowest BCUT2D eigenvalue weighted by molar-refractivity contribution is -0.125. The molecule has 20 heavy (non-hydrogen) atoms. The van der Waals surface area contributed by atoms with Gasteiger partial charge in [-0.1, -0.05) is 29.3 Å². The largest absolute Gasteiger partial charge is 0.324 e. The second-order valence-electron chi connectivity index (χ2n) is 5.21. The Labute approximate surface area is 127 Å². The minimum absolute atomic E-state index is 0.0168. The van der Waals surface area contributed by atoms with Crippen LogP contribution in [0.15, 0.2) is 22.7 Å². The van der Waals surface area contributed by atoms with Crippen molar-refractivity contribution in [2.75, 3.05) is 18.4 Å². The highest BCUT2D eigenvalue weighted by atomic mass is 79.9. The zero-order valence-electron chi connectivity index (χ0n) is 11.5. The summed E-state index contributed by atoms with van der Waals surface area (Å²) in [7, 11) is 0. The van der Waals surface area contributed by atoms with Crippen LogP contribution in [0.25, 0.3) is 0 Å².